The first kappa shape index (κ1) is 21.8. The van der Waals surface area contributed by atoms with E-state index in [2.05, 4.69) is 19.9 Å². The molecular weight excluding hydrogens is 457 g/mol. The molecule has 1 N–H and O–H groups in total. The smallest absolute Gasteiger partial charge is 0.252 e. The van der Waals surface area contributed by atoms with E-state index in [0.717, 1.165) is 11.6 Å². The van der Waals surface area contributed by atoms with Crippen molar-refractivity contribution in [2.75, 3.05) is 7.11 Å². The van der Waals surface area contributed by atoms with Crippen molar-refractivity contribution in [3.05, 3.63) is 35.8 Å². The molecule has 2 atom stereocenters. The number of hydrogen-bond donors (Lipinski definition) is 1. The minimum Gasteiger partial charge on any atom is -0.480 e. The second-order valence-corrected chi connectivity index (χ2v) is 9.01. The maximum atomic E-state index is 14.7. The van der Waals surface area contributed by atoms with E-state index in [-0.39, 0.29) is 6.42 Å². The molecule has 1 aromatic carbocycles. The summed E-state index contributed by atoms with van der Waals surface area (Å²) < 4.78 is 52.7. The van der Waals surface area contributed by atoms with Crippen LogP contribution in [-0.4, -0.2) is 50.3 Å². The Morgan fingerprint density at radius 1 is 1.15 bits per heavy atom. The molecule has 5 rings (SSSR count). The average Bonchev–Trinajstić information content (AvgIpc) is 3.17. The third-order valence-electron chi connectivity index (χ3n) is 5.51. The number of thiazole rings is 1. The number of ether oxygens (including phenoxy) is 2. The van der Waals surface area contributed by atoms with Gasteiger partial charge in [0.05, 0.1) is 36.9 Å². The van der Waals surface area contributed by atoms with Crippen LogP contribution >= 0.6 is 11.3 Å². The molecule has 33 heavy (non-hydrogen) atoms. The van der Waals surface area contributed by atoms with Crippen molar-refractivity contribution in [1.82, 2.24) is 19.9 Å². The molecule has 0 unspecified atom stereocenters. The number of aromatic nitrogens is 4. The van der Waals surface area contributed by atoms with Crippen LogP contribution in [0.1, 0.15) is 24.8 Å². The lowest BCUT2D eigenvalue weighted by Crippen LogP contribution is -2.43. The van der Waals surface area contributed by atoms with Gasteiger partial charge in [0.25, 0.3) is 11.8 Å². The molecule has 0 saturated heterocycles. The molecule has 4 aromatic rings. The van der Waals surface area contributed by atoms with Gasteiger partial charge in [-0.15, -0.1) is 0 Å². The predicted octanol–water partition coefficient (Wildman–Crippen LogP) is 4.69. The number of nitrogens with zero attached hydrogens (tertiary/aromatic N) is 4. The number of methoxy groups -OCH3 is 1. The van der Waals surface area contributed by atoms with Crippen LogP contribution in [0.15, 0.2) is 24.4 Å². The van der Waals surface area contributed by atoms with Crippen molar-refractivity contribution in [2.24, 2.45) is 0 Å². The van der Waals surface area contributed by atoms with E-state index >= 15 is 0 Å². The Morgan fingerprint density at radius 2 is 1.97 bits per heavy atom. The van der Waals surface area contributed by atoms with E-state index < -0.39 is 42.7 Å². The number of benzene rings is 1. The van der Waals surface area contributed by atoms with Crippen LogP contribution in [0.2, 0.25) is 0 Å². The molecule has 3 heterocycles. The molecule has 0 spiro atoms. The minimum atomic E-state index is -2.97. The van der Waals surface area contributed by atoms with Crippen LogP contribution in [0.5, 0.6) is 11.8 Å². The van der Waals surface area contributed by atoms with Gasteiger partial charge in [0.1, 0.15) is 21.5 Å². The van der Waals surface area contributed by atoms with E-state index in [1.54, 1.807) is 0 Å². The first-order valence-corrected chi connectivity index (χ1v) is 11.1. The van der Waals surface area contributed by atoms with Gasteiger partial charge >= 0.3 is 0 Å². The van der Waals surface area contributed by atoms with Crippen molar-refractivity contribution in [3.63, 3.8) is 0 Å². The van der Waals surface area contributed by atoms with E-state index in [9.17, 15) is 18.3 Å². The number of aryl methyl sites for hydroxylation is 1. The summed E-state index contributed by atoms with van der Waals surface area (Å²) in [4.78, 5) is 17.9. The molecule has 1 aliphatic carbocycles. The molecule has 1 fully saturated rings. The molecule has 0 aliphatic heterocycles. The maximum Gasteiger partial charge on any atom is 0.252 e. The Hall–Kier alpha value is -3.05. The molecule has 0 radical (unpaired) electrons. The van der Waals surface area contributed by atoms with Gasteiger partial charge in [0.15, 0.2) is 5.82 Å². The van der Waals surface area contributed by atoms with Crippen molar-refractivity contribution >= 4 is 32.7 Å². The summed E-state index contributed by atoms with van der Waals surface area (Å²) in [5.41, 5.74) is 3.15. The summed E-state index contributed by atoms with van der Waals surface area (Å²) >= 11 is 1.19. The lowest BCUT2D eigenvalue weighted by Gasteiger charge is -2.32. The Kier molecular flexibility index (Phi) is 5.32. The fourth-order valence-electron chi connectivity index (χ4n) is 3.87. The number of aliphatic hydroxyl groups excluding tert-OH is 1. The lowest BCUT2D eigenvalue weighted by molar-refractivity contribution is -0.114. The van der Waals surface area contributed by atoms with Gasteiger partial charge in [-0.3, -0.25) is 0 Å². The number of hydrogen-bond acceptors (Lipinski definition) is 8. The third-order valence-corrected chi connectivity index (χ3v) is 6.51. The van der Waals surface area contributed by atoms with Gasteiger partial charge < -0.3 is 14.6 Å². The van der Waals surface area contributed by atoms with Gasteiger partial charge in [-0.25, -0.2) is 28.1 Å². The topological polar surface area (TPSA) is 90.3 Å². The zero-order valence-corrected chi connectivity index (χ0v) is 18.5. The van der Waals surface area contributed by atoms with Crippen LogP contribution in [0, 0.1) is 12.7 Å². The molecule has 3 aromatic heterocycles. The number of rotatable bonds is 4. The van der Waals surface area contributed by atoms with Gasteiger partial charge in [-0.1, -0.05) is 11.3 Å². The molecule has 1 saturated carbocycles. The molecule has 0 bridgehead atoms. The Bertz CT molecular complexity index is 1360. The fraction of sp³-hybridized carbons (Fsp3) is 0.364. The standard InChI is InChI=1S/C22H19F3N4O3S/c1-10-5-11(18-13(6-10)27-17(31-2)9-26-18)20-28-14-7-12(23)19(29-21(14)33-20)32-16-8-22(24,25)4-3-15(16)30/h5-7,9,15-16,30H,3-4,8H2,1-2H3/t15-,16+/m0/s1. The van der Waals surface area contributed by atoms with E-state index in [1.807, 2.05) is 19.1 Å². The highest BCUT2D eigenvalue weighted by molar-refractivity contribution is 7.21. The molecule has 11 heteroatoms. The average molecular weight is 476 g/mol. The van der Waals surface area contributed by atoms with Gasteiger partial charge in [-0.05, 0) is 31.0 Å². The number of alkyl halides is 2. The monoisotopic (exact) mass is 476 g/mol. The van der Waals surface area contributed by atoms with Gasteiger partial charge in [-0.2, -0.15) is 4.98 Å². The van der Waals surface area contributed by atoms with Crippen LogP contribution in [0.3, 0.4) is 0 Å². The Morgan fingerprint density at radius 3 is 2.76 bits per heavy atom. The third kappa shape index (κ3) is 4.18. The van der Waals surface area contributed by atoms with Crippen LogP contribution in [0.25, 0.3) is 32.0 Å². The first-order chi connectivity index (χ1) is 15.7. The summed E-state index contributed by atoms with van der Waals surface area (Å²) in [6.45, 7) is 1.91. The summed E-state index contributed by atoms with van der Waals surface area (Å²) in [6, 6.07) is 4.92. The number of halogens is 3. The van der Waals surface area contributed by atoms with Crippen molar-refractivity contribution < 1.29 is 27.8 Å². The van der Waals surface area contributed by atoms with Crippen molar-refractivity contribution in [3.8, 4) is 22.3 Å². The number of aliphatic hydroxyl groups is 1. The molecule has 1 aliphatic rings. The summed E-state index contributed by atoms with van der Waals surface area (Å²) in [5.74, 6) is -3.86. The molecular formula is C22H19F3N4O3S. The molecule has 172 valence electrons. The normalized spacial score (nSPS) is 20.3. The second-order valence-electron chi connectivity index (χ2n) is 8.03. The zero-order valence-electron chi connectivity index (χ0n) is 17.7. The van der Waals surface area contributed by atoms with Crippen LogP contribution < -0.4 is 9.47 Å². The van der Waals surface area contributed by atoms with Crippen molar-refractivity contribution in [1.29, 1.82) is 0 Å². The molecule has 7 nitrogen and oxygen atoms in total. The van der Waals surface area contributed by atoms with Gasteiger partial charge in [0, 0.05) is 18.1 Å². The van der Waals surface area contributed by atoms with Gasteiger partial charge in [0.2, 0.25) is 5.88 Å². The Labute approximate surface area is 190 Å². The highest BCUT2D eigenvalue weighted by Gasteiger charge is 2.42. The second kappa shape index (κ2) is 8.07. The van der Waals surface area contributed by atoms with Crippen LogP contribution in [0.4, 0.5) is 13.2 Å². The number of pyridine rings is 1. The SMILES string of the molecule is COc1cnc2c(-c3nc4cc(F)c(O[C@@H]5CC(F)(F)CC[C@@H]5O)nc4s3)cc(C)cc2n1. The highest BCUT2D eigenvalue weighted by Crippen LogP contribution is 2.38. The minimum absolute atomic E-state index is 0.126. The van der Waals surface area contributed by atoms with E-state index in [4.69, 9.17) is 9.47 Å². The van der Waals surface area contributed by atoms with E-state index in [0.29, 0.717) is 37.8 Å². The first-order valence-electron chi connectivity index (χ1n) is 10.2. The summed E-state index contributed by atoms with van der Waals surface area (Å²) in [7, 11) is 1.51. The zero-order chi connectivity index (χ0) is 23.3. The quantitative estimate of drug-likeness (QED) is 0.457. The summed E-state index contributed by atoms with van der Waals surface area (Å²) in [6.07, 6.45) is -2.11. The highest BCUT2D eigenvalue weighted by atomic mass is 32.1. The molecule has 0 amide bonds. The maximum absolute atomic E-state index is 14.7. The Balaban J connectivity index is 1.54. The lowest BCUT2D eigenvalue weighted by atomic mass is 9.91. The van der Waals surface area contributed by atoms with Crippen molar-refractivity contribution in [2.45, 2.75) is 44.3 Å². The van der Waals surface area contributed by atoms with E-state index in [1.165, 1.54) is 24.6 Å². The van der Waals surface area contributed by atoms with Crippen LogP contribution in [-0.2, 0) is 0 Å². The fourth-order valence-corrected chi connectivity index (χ4v) is 4.80. The largest absolute Gasteiger partial charge is 0.480 e. The number of fused-ring (bicyclic) bond motifs is 2. The summed E-state index contributed by atoms with van der Waals surface area (Å²) in [5, 5.41) is 10.6. The predicted molar refractivity (Wildman–Crippen MR) is 116 cm³/mol.